The Morgan fingerprint density at radius 3 is 1.07 bits per heavy atom. The minimum absolute atomic E-state index is 0.382. The molecule has 68 heavy (non-hydrogen) atoms. The van der Waals surface area contributed by atoms with Crippen molar-refractivity contribution in [2.24, 2.45) is 0 Å². The lowest BCUT2D eigenvalue weighted by atomic mass is 9.91. The van der Waals surface area contributed by atoms with E-state index < -0.39 is 0 Å². The molecule has 0 saturated heterocycles. The Morgan fingerprint density at radius 2 is 0.706 bits per heavy atom. The molecule has 10 rings (SSSR count). The van der Waals surface area contributed by atoms with Gasteiger partial charge in [0.05, 0.1) is 77.5 Å². The summed E-state index contributed by atoms with van der Waals surface area (Å²) in [5, 5.41) is 0. The van der Waals surface area contributed by atoms with E-state index in [2.05, 4.69) is 113 Å². The molecule has 0 saturated carbocycles. The van der Waals surface area contributed by atoms with Gasteiger partial charge < -0.3 is 42.6 Å². The Bertz CT molecular complexity index is 2350. The van der Waals surface area contributed by atoms with Gasteiger partial charge in [0.2, 0.25) is 0 Å². The Balaban J connectivity index is 1.07. The van der Waals surface area contributed by atoms with E-state index in [1.54, 1.807) is 0 Å². The van der Waals surface area contributed by atoms with Crippen LogP contribution < -0.4 is 18.9 Å². The minimum atomic E-state index is 0.382. The molecular formula is C56H63N3O9. The first-order valence-corrected chi connectivity index (χ1v) is 24.1. The molecule has 0 radical (unpaired) electrons. The van der Waals surface area contributed by atoms with Crippen molar-refractivity contribution in [2.45, 2.75) is 39.2 Å². The molecule has 4 aliphatic rings. The molecule has 6 aromatic rings. The summed E-state index contributed by atoms with van der Waals surface area (Å²) in [6, 6.07) is 34.1. The van der Waals surface area contributed by atoms with Crippen molar-refractivity contribution in [1.82, 2.24) is 14.9 Å². The molecule has 1 aliphatic carbocycles. The Morgan fingerprint density at radius 1 is 0.382 bits per heavy atom. The number of nitrogens with zero attached hydrogens (tertiary/aromatic N) is 3. The molecule has 2 aromatic heterocycles. The van der Waals surface area contributed by atoms with Crippen molar-refractivity contribution in [3.63, 3.8) is 0 Å². The quantitative estimate of drug-likeness (QED) is 0.159. The van der Waals surface area contributed by atoms with E-state index in [9.17, 15) is 0 Å². The summed E-state index contributed by atoms with van der Waals surface area (Å²) >= 11 is 0. The van der Waals surface area contributed by atoms with Crippen LogP contribution in [0.25, 0.3) is 11.4 Å². The summed E-state index contributed by atoms with van der Waals surface area (Å²) in [5.41, 5.74) is 12.5. The molecule has 0 atom stereocenters. The molecule has 12 heteroatoms. The zero-order valence-electron chi connectivity index (χ0n) is 39.3. The Kier molecular flexibility index (Phi) is 17.0. The third-order valence-electron chi connectivity index (χ3n) is 12.4. The van der Waals surface area contributed by atoms with E-state index in [1.807, 2.05) is 18.5 Å². The smallest absolute Gasteiger partial charge is 0.126 e. The number of rotatable bonds is 3. The van der Waals surface area contributed by atoms with Gasteiger partial charge in [-0.2, -0.15) is 0 Å². The van der Waals surface area contributed by atoms with E-state index >= 15 is 0 Å². The highest BCUT2D eigenvalue weighted by atomic mass is 16.6. The lowest BCUT2D eigenvalue weighted by Gasteiger charge is -2.24. The lowest BCUT2D eigenvalue weighted by molar-refractivity contribution is 0.00484. The Labute approximate surface area is 400 Å². The van der Waals surface area contributed by atoms with Gasteiger partial charge in [-0.1, -0.05) is 72.8 Å². The highest BCUT2D eigenvalue weighted by molar-refractivity contribution is 5.57. The molecule has 5 heterocycles. The van der Waals surface area contributed by atoms with Crippen LogP contribution in [0.2, 0.25) is 0 Å². The van der Waals surface area contributed by atoms with Crippen LogP contribution in [0.3, 0.4) is 0 Å². The maximum absolute atomic E-state index is 6.86. The second-order valence-electron chi connectivity index (χ2n) is 17.3. The van der Waals surface area contributed by atoms with Gasteiger partial charge in [-0.3, -0.25) is 14.9 Å². The molecule has 0 unspecified atom stereocenters. The van der Waals surface area contributed by atoms with E-state index in [-0.39, 0.29) is 0 Å². The average Bonchev–Trinajstić information content (AvgIpc) is 3.34. The van der Waals surface area contributed by atoms with Crippen LogP contribution in [-0.2, 0) is 55.9 Å². The van der Waals surface area contributed by atoms with Crippen LogP contribution in [0, 0.1) is 6.92 Å². The second kappa shape index (κ2) is 24.4. The number of benzene rings is 4. The molecule has 0 N–H and O–H groups in total. The van der Waals surface area contributed by atoms with Crippen LogP contribution in [0.15, 0.2) is 109 Å². The molecule has 0 fully saturated rings. The first-order chi connectivity index (χ1) is 33.6. The first-order valence-electron chi connectivity index (χ1n) is 24.1. The number of aromatic nitrogens is 2. The van der Waals surface area contributed by atoms with Crippen molar-refractivity contribution >= 4 is 0 Å². The van der Waals surface area contributed by atoms with Crippen molar-refractivity contribution < 1.29 is 42.6 Å². The number of hydrogen-bond donors (Lipinski definition) is 0. The van der Waals surface area contributed by atoms with Gasteiger partial charge in [0.1, 0.15) is 49.4 Å². The second-order valence-corrected chi connectivity index (χ2v) is 17.3. The summed E-state index contributed by atoms with van der Waals surface area (Å²) in [5.74, 6) is 3.40. The topological polar surface area (TPSA) is 112 Å². The van der Waals surface area contributed by atoms with Crippen molar-refractivity contribution in [3.8, 4) is 34.4 Å². The third-order valence-corrected chi connectivity index (χ3v) is 12.4. The fourth-order valence-electron chi connectivity index (χ4n) is 9.09. The number of hydrogen-bond acceptors (Lipinski definition) is 12. The van der Waals surface area contributed by atoms with Crippen molar-refractivity contribution in [3.05, 3.63) is 165 Å². The van der Waals surface area contributed by atoms with Gasteiger partial charge in [0.15, 0.2) is 0 Å². The number of pyridine rings is 2. The predicted molar refractivity (Wildman–Crippen MR) is 261 cm³/mol. The van der Waals surface area contributed by atoms with E-state index in [0.29, 0.717) is 138 Å². The van der Waals surface area contributed by atoms with Crippen LogP contribution in [0.1, 0.15) is 55.6 Å². The molecule has 3 aliphatic heterocycles. The maximum Gasteiger partial charge on any atom is 0.126 e. The monoisotopic (exact) mass is 921 g/mol. The largest absolute Gasteiger partial charge is 0.491 e. The Hall–Kier alpha value is -5.86. The van der Waals surface area contributed by atoms with Gasteiger partial charge in [0.25, 0.3) is 0 Å². The van der Waals surface area contributed by atoms with Crippen molar-refractivity contribution in [1.29, 1.82) is 0 Å². The molecule has 356 valence electrons. The fourth-order valence-corrected chi connectivity index (χ4v) is 9.09. The molecular weight excluding hydrogens is 859 g/mol. The minimum Gasteiger partial charge on any atom is -0.491 e. The van der Waals surface area contributed by atoms with Gasteiger partial charge in [-0.15, -0.1) is 0 Å². The summed E-state index contributed by atoms with van der Waals surface area (Å²) in [4.78, 5) is 11.6. The zero-order valence-corrected chi connectivity index (χ0v) is 39.3. The summed E-state index contributed by atoms with van der Waals surface area (Å²) in [6.07, 6.45) is 6.07. The molecule has 12 nitrogen and oxygen atoms in total. The zero-order chi connectivity index (χ0) is 46.2. The van der Waals surface area contributed by atoms with Crippen LogP contribution in [0.5, 0.6) is 23.0 Å². The average molecular weight is 922 g/mol. The number of fused-ring (bicyclic) bond motifs is 12. The molecule has 4 aromatic carbocycles. The van der Waals surface area contributed by atoms with E-state index in [0.717, 1.165) is 90.0 Å². The van der Waals surface area contributed by atoms with E-state index in [4.69, 9.17) is 42.6 Å². The molecule has 12 bridgehead atoms. The number of ether oxygens (including phenoxy) is 9. The highest BCUT2D eigenvalue weighted by Crippen LogP contribution is 2.39. The lowest BCUT2D eigenvalue weighted by Crippen LogP contribution is -2.31. The van der Waals surface area contributed by atoms with Crippen molar-refractivity contribution in [2.75, 3.05) is 106 Å². The van der Waals surface area contributed by atoms with Gasteiger partial charge >= 0.3 is 0 Å². The molecule has 0 amide bonds. The highest BCUT2D eigenvalue weighted by Gasteiger charge is 2.22. The van der Waals surface area contributed by atoms with E-state index in [1.165, 1.54) is 0 Å². The van der Waals surface area contributed by atoms with Crippen LogP contribution in [0.4, 0.5) is 0 Å². The maximum atomic E-state index is 6.86. The van der Waals surface area contributed by atoms with Crippen LogP contribution in [-0.4, -0.2) is 120 Å². The summed E-state index contributed by atoms with van der Waals surface area (Å²) in [6.45, 7) is 10.4. The summed E-state index contributed by atoms with van der Waals surface area (Å²) in [7, 11) is 0. The van der Waals surface area contributed by atoms with Gasteiger partial charge in [0, 0.05) is 57.7 Å². The molecule has 0 spiro atoms. The summed E-state index contributed by atoms with van der Waals surface area (Å²) < 4.78 is 57.6. The SMILES string of the molecule is Cc1ccnc(-c2cc(CN3CCOCCOc4c5cccc4Cc4cccc6c4OCCOCCOCCOCCOc4c(cccc4Cc4cccc(c4OCCOCC3)C6)C5)ccn2)c1. The number of aryl methyl sites for hydroxylation is 1. The predicted octanol–water partition coefficient (Wildman–Crippen LogP) is 8.26. The van der Waals surface area contributed by atoms with Gasteiger partial charge in [-0.25, -0.2) is 0 Å². The third kappa shape index (κ3) is 12.8. The first kappa shape index (κ1) is 47.2. The standard InChI is InChI=1S/C56H63N3O9/c1-41-14-16-57-51(34-41)52-35-42(15-17-58-52)40-59-18-20-60-26-30-65-53-43-6-2-7-44(53)37-48-11-5-13-50-39-46-9-3-8-45(54(46)66-31-27-61-21-19-59)38-49-12-4-10-47(36-43)55(49)67-32-28-63-24-22-62-23-25-64-29-33-68-56(48)50/h2-17,34-35H,18-33,36-40H2,1H3. The number of para-hydroxylation sites is 4. The fraction of sp³-hybridized carbons (Fsp3) is 0.393. The normalized spacial score (nSPS) is 17.4. The van der Waals surface area contributed by atoms with Crippen LogP contribution >= 0.6 is 0 Å². The van der Waals surface area contributed by atoms with Gasteiger partial charge in [-0.05, 0) is 86.8 Å².